The Kier molecular flexibility index (Phi) is 7.14. The van der Waals surface area contributed by atoms with Crippen LogP contribution in [0.3, 0.4) is 0 Å². The molecule has 5 aromatic rings. The zero-order valence-corrected chi connectivity index (χ0v) is 22.1. The van der Waals surface area contributed by atoms with Crippen molar-refractivity contribution >= 4 is 27.9 Å². The molecule has 0 aliphatic heterocycles. The number of terminal acetylenes is 1. The van der Waals surface area contributed by atoms with Crippen LogP contribution < -0.4 is 0 Å². The van der Waals surface area contributed by atoms with Crippen molar-refractivity contribution in [2.75, 3.05) is 0 Å². The van der Waals surface area contributed by atoms with E-state index in [1.165, 1.54) is 0 Å². The van der Waals surface area contributed by atoms with Gasteiger partial charge in [0.2, 0.25) is 0 Å². The number of hydrogen-bond acceptors (Lipinski definition) is 5. The van der Waals surface area contributed by atoms with Crippen molar-refractivity contribution in [3.05, 3.63) is 95.1 Å². The molecule has 7 nitrogen and oxygen atoms in total. The monoisotopic (exact) mass is 527 g/mol. The van der Waals surface area contributed by atoms with Crippen LogP contribution in [0.25, 0.3) is 22.1 Å². The summed E-state index contributed by atoms with van der Waals surface area (Å²) < 4.78 is 8.52. The third kappa shape index (κ3) is 5.00. The summed E-state index contributed by atoms with van der Waals surface area (Å²) in [6.45, 7) is 0.766. The van der Waals surface area contributed by atoms with Crippen LogP contribution >= 0.6 is 0 Å². The molecule has 3 heterocycles. The summed E-state index contributed by atoms with van der Waals surface area (Å²) in [5.74, 6) is 3.88. The minimum Gasteiger partial charge on any atom is -0.369 e. The third-order valence-electron chi connectivity index (χ3n) is 7.90. The minimum atomic E-state index is -0.0427. The van der Waals surface area contributed by atoms with Gasteiger partial charge >= 0.3 is 0 Å². The van der Waals surface area contributed by atoms with Crippen molar-refractivity contribution in [2.45, 2.75) is 51.4 Å². The Morgan fingerprint density at radius 3 is 2.45 bits per heavy atom. The zero-order chi connectivity index (χ0) is 27.5. The van der Waals surface area contributed by atoms with Gasteiger partial charge in [-0.05, 0) is 67.5 Å². The van der Waals surface area contributed by atoms with Crippen molar-refractivity contribution in [1.82, 2.24) is 19.5 Å². The number of fused-ring (bicyclic) bond motifs is 3. The number of pyridine rings is 1. The first-order chi connectivity index (χ1) is 19.6. The highest BCUT2D eigenvalue weighted by atomic mass is 16.5. The first-order valence-corrected chi connectivity index (χ1v) is 13.6. The van der Waals surface area contributed by atoms with E-state index in [0.717, 1.165) is 64.7 Å². The lowest BCUT2D eigenvalue weighted by atomic mass is 9.84. The maximum Gasteiger partial charge on any atom is 0.193 e. The van der Waals surface area contributed by atoms with Crippen molar-refractivity contribution in [2.24, 2.45) is 5.92 Å². The fourth-order valence-corrected chi connectivity index (χ4v) is 5.77. The molecule has 0 spiro atoms. The second-order valence-electron chi connectivity index (χ2n) is 10.4. The number of H-pyrrole nitrogens is 1. The molecule has 1 aliphatic carbocycles. The molecule has 1 saturated carbocycles. The zero-order valence-electron chi connectivity index (χ0n) is 22.1. The number of nitrogens with zero attached hydrogens (tertiary/aromatic N) is 4. The Bertz CT molecular complexity index is 1740. The largest absolute Gasteiger partial charge is 0.369 e. The molecule has 3 aromatic heterocycles. The highest BCUT2D eigenvalue weighted by Crippen LogP contribution is 2.38. The molecule has 0 saturated heterocycles. The Hall–Kier alpha value is -4.72. The van der Waals surface area contributed by atoms with E-state index in [9.17, 15) is 4.79 Å². The first kappa shape index (κ1) is 25.6. The number of nitriles is 1. The molecule has 0 bridgehead atoms. The minimum absolute atomic E-state index is 0.0427. The van der Waals surface area contributed by atoms with E-state index in [1.807, 2.05) is 36.7 Å². The molecule has 1 aliphatic rings. The number of aromatic amines is 1. The molecule has 6 rings (SSSR count). The summed E-state index contributed by atoms with van der Waals surface area (Å²) in [4.78, 5) is 25.5. The van der Waals surface area contributed by atoms with Gasteiger partial charge in [-0.15, -0.1) is 6.42 Å². The molecule has 7 heteroatoms. The molecular weight excluding hydrogens is 498 g/mol. The van der Waals surface area contributed by atoms with Gasteiger partial charge < -0.3 is 14.3 Å². The quantitative estimate of drug-likeness (QED) is 0.184. The van der Waals surface area contributed by atoms with Crippen LogP contribution in [0.15, 0.2) is 67.0 Å². The van der Waals surface area contributed by atoms with Crippen molar-refractivity contribution in [3.63, 3.8) is 0 Å². The maximum absolute atomic E-state index is 12.8. The van der Waals surface area contributed by atoms with E-state index in [1.54, 1.807) is 24.3 Å². The second-order valence-corrected chi connectivity index (χ2v) is 10.4. The maximum atomic E-state index is 12.8. The molecule has 0 amide bonds. The third-order valence-corrected chi connectivity index (χ3v) is 7.90. The van der Waals surface area contributed by atoms with Gasteiger partial charge in [-0.1, -0.05) is 30.2 Å². The van der Waals surface area contributed by atoms with Crippen LogP contribution in [0.1, 0.15) is 71.0 Å². The summed E-state index contributed by atoms with van der Waals surface area (Å²) in [5, 5.41) is 10.2. The Balaban J connectivity index is 1.18. The SMILES string of the molecule is C#Cc1ccc(C(=O)c2ccc(COCc3nc4cnc5[nH]ccc5c4n3C3CCC(CC#N)CC3)cc2)cc1. The Morgan fingerprint density at radius 2 is 1.75 bits per heavy atom. The predicted molar refractivity (Wildman–Crippen MR) is 153 cm³/mol. The summed E-state index contributed by atoms with van der Waals surface area (Å²) in [7, 11) is 0. The number of hydrogen-bond donors (Lipinski definition) is 1. The number of ketones is 1. The lowest BCUT2D eigenvalue weighted by molar-refractivity contribution is 0.0970. The van der Waals surface area contributed by atoms with Gasteiger partial charge in [0.1, 0.15) is 23.6 Å². The summed E-state index contributed by atoms with van der Waals surface area (Å²) in [5.41, 5.74) is 5.76. The van der Waals surface area contributed by atoms with Gasteiger partial charge in [-0.2, -0.15) is 5.26 Å². The van der Waals surface area contributed by atoms with Crippen molar-refractivity contribution in [1.29, 1.82) is 5.26 Å². The smallest absolute Gasteiger partial charge is 0.193 e. The number of carbonyl (C=O) groups is 1. The first-order valence-electron chi connectivity index (χ1n) is 13.6. The van der Waals surface area contributed by atoms with Crippen molar-refractivity contribution in [3.8, 4) is 18.4 Å². The lowest BCUT2D eigenvalue weighted by Gasteiger charge is -2.30. The molecular formula is C33H29N5O2. The Labute approximate surface area is 232 Å². The number of rotatable bonds is 8. The molecule has 40 heavy (non-hydrogen) atoms. The molecule has 1 fully saturated rings. The van der Waals surface area contributed by atoms with E-state index < -0.39 is 0 Å². The second kappa shape index (κ2) is 11.2. The lowest BCUT2D eigenvalue weighted by Crippen LogP contribution is -2.20. The van der Waals surface area contributed by atoms with E-state index in [0.29, 0.717) is 42.7 Å². The highest BCUT2D eigenvalue weighted by molar-refractivity contribution is 6.09. The summed E-state index contributed by atoms with van der Waals surface area (Å²) >= 11 is 0. The van der Waals surface area contributed by atoms with E-state index in [-0.39, 0.29) is 5.78 Å². The molecule has 2 aromatic carbocycles. The highest BCUT2D eigenvalue weighted by Gasteiger charge is 2.27. The van der Waals surface area contributed by atoms with Gasteiger partial charge in [0, 0.05) is 40.7 Å². The van der Waals surface area contributed by atoms with Gasteiger partial charge in [0.05, 0.1) is 24.4 Å². The average Bonchev–Trinajstić information content (AvgIpc) is 3.62. The van der Waals surface area contributed by atoms with Gasteiger partial charge in [0.25, 0.3) is 0 Å². The van der Waals surface area contributed by atoms with E-state index >= 15 is 0 Å². The Morgan fingerprint density at radius 1 is 1.02 bits per heavy atom. The average molecular weight is 528 g/mol. The molecule has 0 radical (unpaired) electrons. The van der Waals surface area contributed by atoms with Crippen molar-refractivity contribution < 1.29 is 9.53 Å². The number of imidazole rings is 1. The summed E-state index contributed by atoms with van der Waals surface area (Å²) in [6, 6.07) is 19.3. The van der Waals surface area contributed by atoms with Crippen LogP contribution in [0.4, 0.5) is 0 Å². The molecule has 198 valence electrons. The van der Waals surface area contributed by atoms with Gasteiger partial charge in [-0.3, -0.25) is 4.79 Å². The fraction of sp³-hybridized carbons (Fsp3) is 0.273. The van der Waals surface area contributed by atoms with E-state index in [2.05, 4.69) is 32.6 Å². The van der Waals surface area contributed by atoms with Crippen LogP contribution in [-0.2, 0) is 18.0 Å². The van der Waals surface area contributed by atoms with Crippen LogP contribution in [0, 0.1) is 29.6 Å². The number of benzene rings is 2. The summed E-state index contributed by atoms with van der Waals surface area (Å²) in [6.07, 6.45) is 13.9. The predicted octanol–water partition coefficient (Wildman–Crippen LogP) is 6.49. The van der Waals surface area contributed by atoms with Crippen LogP contribution in [0.5, 0.6) is 0 Å². The van der Waals surface area contributed by atoms with Crippen LogP contribution in [-0.4, -0.2) is 25.3 Å². The van der Waals surface area contributed by atoms with Gasteiger partial charge in [-0.25, -0.2) is 9.97 Å². The topological polar surface area (TPSA) is 96.6 Å². The standard InChI is InChI=1S/C33H29N5O2/c1-2-22-3-9-25(10-4-22)32(39)26-11-5-24(6-12-26)20-40-21-30-37-29-19-36-33-28(16-18-35-33)31(29)38(30)27-13-7-23(8-14-27)15-17-34/h1,3-6,9-12,16,18-19,23,27H,7-8,13-15,20-21H2,(H,35,36). The molecule has 0 atom stereocenters. The number of nitrogens with one attached hydrogen (secondary N) is 1. The molecule has 0 unspecified atom stereocenters. The van der Waals surface area contributed by atoms with E-state index in [4.69, 9.17) is 21.4 Å². The number of ether oxygens (including phenoxy) is 1. The van der Waals surface area contributed by atoms with Gasteiger partial charge in [0.15, 0.2) is 5.78 Å². The molecule has 1 N–H and O–H groups in total. The normalized spacial score (nSPS) is 17.1. The number of aromatic nitrogens is 4. The number of carbonyl (C=O) groups excluding carboxylic acids is 1. The van der Waals surface area contributed by atoms with Crippen LogP contribution in [0.2, 0.25) is 0 Å². The fourth-order valence-electron chi connectivity index (χ4n) is 5.77.